The van der Waals surface area contributed by atoms with E-state index in [4.69, 9.17) is 4.52 Å². The van der Waals surface area contributed by atoms with E-state index in [1.807, 2.05) is 12.1 Å². The molecule has 0 saturated heterocycles. The third kappa shape index (κ3) is 3.33. The molecule has 1 aromatic carbocycles. The molecule has 26 heavy (non-hydrogen) atoms. The predicted octanol–water partition coefficient (Wildman–Crippen LogP) is 3.18. The van der Waals surface area contributed by atoms with E-state index in [2.05, 4.69) is 15.1 Å². The van der Waals surface area contributed by atoms with Gasteiger partial charge in [0.25, 0.3) is 0 Å². The first-order chi connectivity index (χ1) is 12.7. The zero-order valence-corrected chi connectivity index (χ0v) is 14.1. The summed E-state index contributed by atoms with van der Waals surface area (Å²) in [7, 11) is 0. The Balaban J connectivity index is 1.43. The Labute approximate surface area is 149 Å². The molecule has 6 nitrogen and oxygen atoms in total. The van der Waals surface area contributed by atoms with E-state index < -0.39 is 0 Å². The van der Waals surface area contributed by atoms with Gasteiger partial charge in [-0.25, -0.2) is 4.39 Å². The minimum Gasteiger partial charge on any atom is -0.339 e. The summed E-state index contributed by atoms with van der Waals surface area (Å²) >= 11 is 0. The maximum absolute atomic E-state index is 13.4. The molecule has 0 aliphatic carbocycles. The van der Waals surface area contributed by atoms with Crippen molar-refractivity contribution in [1.82, 2.24) is 15.1 Å². The highest BCUT2D eigenvalue weighted by atomic mass is 19.1. The number of aromatic nitrogens is 3. The van der Waals surface area contributed by atoms with Gasteiger partial charge in [-0.05, 0) is 48.7 Å². The second-order valence-corrected chi connectivity index (χ2v) is 6.15. The van der Waals surface area contributed by atoms with Gasteiger partial charge in [0.1, 0.15) is 11.5 Å². The van der Waals surface area contributed by atoms with E-state index in [1.54, 1.807) is 23.2 Å². The van der Waals surface area contributed by atoms with Crippen LogP contribution in [0.1, 0.15) is 24.3 Å². The summed E-state index contributed by atoms with van der Waals surface area (Å²) in [5.41, 5.74) is 2.29. The number of benzene rings is 1. The molecule has 0 atom stereocenters. The first kappa shape index (κ1) is 16.4. The van der Waals surface area contributed by atoms with Crippen molar-refractivity contribution in [2.75, 3.05) is 11.4 Å². The quantitative estimate of drug-likeness (QED) is 0.721. The number of hydrogen-bond acceptors (Lipinski definition) is 5. The minimum absolute atomic E-state index is 0.0323. The van der Waals surface area contributed by atoms with Crippen LogP contribution in [0.5, 0.6) is 0 Å². The largest absolute Gasteiger partial charge is 0.339 e. The molecule has 4 rings (SSSR count). The summed E-state index contributed by atoms with van der Waals surface area (Å²) in [6.07, 6.45) is 3.87. The van der Waals surface area contributed by atoms with Gasteiger partial charge >= 0.3 is 0 Å². The number of rotatable bonds is 4. The van der Waals surface area contributed by atoms with Gasteiger partial charge in [0.15, 0.2) is 0 Å². The molecule has 0 unspecified atom stereocenters. The van der Waals surface area contributed by atoms with Crippen LogP contribution in [-0.4, -0.2) is 27.6 Å². The normalized spacial score (nSPS) is 13.5. The van der Waals surface area contributed by atoms with Crippen LogP contribution in [0.25, 0.3) is 11.5 Å². The van der Waals surface area contributed by atoms with Gasteiger partial charge in [0, 0.05) is 31.3 Å². The van der Waals surface area contributed by atoms with Crippen LogP contribution < -0.4 is 4.90 Å². The standard InChI is InChI=1S/C19H17FN4O2/c20-14-6-7-16-13(12-14)4-3-11-24(16)18(25)9-8-17-22-19(23-26-17)15-5-1-2-10-21-15/h1-2,5-7,10,12H,3-4,8-9,11H2. The maximum Gasteiger partial charge on any atom is 0.227 e. The molecule has 3 aromatic rings. The molecule has 7 heteroatoms. The average molecular weight is 352 g/mol. The summed E-state index contributed by atoms with van der Waals surface area (Å²) in [4.78, 5) is 22.8. The molecular weight excluding hydrogens is 335 g/mol. The summed E-state index contributed by atoms with van der Waals surface area (Å²) in [5, 5.41) is 3.91. The molecule has 0 bridgehead atoms. The molecule has 0 saturated carbocycles. The van der Waals surface area contributed by atoms with Crippen molar-refractivity contribution in [3.63, 3.8) is 0 Å². The fraction of sp³-hybridized carbons (Fsp3) is 0.263. The van der Waals surface area contributed by atoms with Crippen molar-refractivity contribution in [2.45, 2.75) is 25.7 Å². The van der Waals surface area contributed by atoms with Crippen LogP contribution >= 0.6 is 0 Å². The van der Waals surface area contributed by atoms with Crippen LogP contribution in [0, 0.1) is 5.82 Å². The Morgan fingerprint density at radius 3 is 3.04 bits per heavy atom. The van der Waals surface area contributed by atoms with Crippen molar-refractivity contribution in [3.05, 3.63) is 59.9 Å². The topological polar surface area (TPSA) is 72.1 Å². The second-order valence-electron chi connectivity index (χ2n) is 6.15. The minimum atomic E-state index is -0.272. The summed E-state index contributed by atoms with van der Waals surface area (Å²) in [6, 6.07) is 10.0. The van der Waals surface area contributed by atoms with Crippen LogP contribution in [-0.2, 0) is 17.6 Å². The smallest absolute Gasteiger partial charge is 0.227 e. The third-order valence-corrected chi connectivity index (χ3v) is 4.38. The lowest BCUT2D eigenvalue weighted by atomic mass is 10.0. The number of hydrogen-bond donors (Lipinski definition) is 0. The van der Waals surface area contributed by atoms with Gasteiger partial charge in [0.2, 0.25) is 17.6 Å². The van der Waals surface area contributed by atoms with Gasteiger partial charge < -0.3 is 9.42 Å². The number of halogens is 1. The molecule has 1 amide bonds. The van der Waals surface area contributed by atoms with E-state index in [9.17, 15) is 9.18 Å². The van der Waals surface area contributed by atoms with Crippen LogP contribution in [0.3, 0.4) is 0 Å². The maximum atomic E-state index is 13.4. The van der Waals surface area contributed by atoms with Crippen molar-refractivity contribution >= 4 is 11.6 Å². The summed E-state index contributed by atoms with van der Waals surface area (Å²) in [5.74, 6) is 0.503. The lowest BCUT2D eigenvalue weighted by molar-refractivity contribution is -0.118. The van der Waals surface area contributed by atoms with E-state index in [0.29, 0.717) is 30.4 Å². The molecule has 132 valence electrons. The monoisotopic (exact) mass is 352 g/mol. The molecule has 3 heterocycles. The zero-order chi connectivity index (χ0) is 17.9. The first-order valence-electron chi connectivity index (χ1n) is 8.53. The molecule has 2 aromatic heterocycles. The number of pyridine rings is 1. The van der Waals surface area contributed by atoms with Gasteiger partial charge in [-0.1, -0.05) is 11.2 Å². The Morgan fingerprint density at radius 2 is 2.19 bits per heavy atom. The fourth-order valence-electron chi connectivity index (χ4n) is 3.13. The number of nitrogens with zero attached hydrogens (tertiary/aromatic N) is 4. The van der Waals surface area contributed by atoms with Crippen LogP contribution in [0.15, 0.2) is 47.1 Å². The highest BCUT2D eigenvalue weighted by molar-refractivity contribution is 5.94. The second kappa shape index (κ2) is 7.03. The Hall–Kier alpha value is -3.09. The van der Waals surface area contributed by atoms with Gasteiger partial charge in [-0.15, -0.1) is 0 Å². The zero-order valence-electron chi connectivity index (χ0n) is 14.1. The molecule has 0 spiro atoms. The van der Waals surface area contributed by atoms with E-state index in [-0.39, 0.29) is 18.1 Å². The molecule has 1 aliphatic heterocycles. The third-order valence-electron chi connectivity index (χ3n) is 4.38. The molecule has 0 fully saturated rings. The molecule has 0 N–H and O–H groups in total. The molecule has 1 aliphatic rings. The van der Waals surface area contributed by atoms with Crippen molar-refractivity contribution in [1.29, 1.82) is 0 Å². The fourth-order valence-corrected chi connectivity index (χ4v) is 3.13. The highest BCUT2D eigenvalue weighted by Gasteiger charge is 2.23. The van der Waals surface area contributed by atoms with Crippen molar-refractivity contribution < 1.29 is 13.7 Å². The Bertz CT molecular complexity index is 926. The van der Waals surface area contributed by atoms with Gasteiger partial charge in [-0.3, -0.25) is 9.78 Å². The van der Waals surface area contributed by atoms with Gasteiger partial charge in [-0.2, -0.15) is 4.98 Å². The van der Waals surface area contributed by atoms with Crippen molar-refractivity contribution in [2.24, 2.45) is 0 Å². The van der Waals surface area contributed by atoms with Crippen LogP contribution in [0.4, 0.5) is 10.1 Å². The Kier molecular flexibility index (Phi) is 4.43. The SMILES string of the molecule is O=C(CCc1nc(-c2ccccn2)no1)N1CCCc2cc(F)ccc21. The molecule has 0 radical (unpaired) electrons. The number of aryl methyl sites for hydroxylation is 2. The van der Waals surface area contributed by atoms with Crippen LogP contribution in [0.2, 0.25) is 0 Å². The van der Waals surface area contributed by atoms with E-state index >= 15 is 0 Å². The predicted molar refractivity (Wildman–Crippen MR) is 92.9 cm³/mol. The summed E-state index contributed by atoms with van der Waals surface area (Å²) in [6.45, 7) is 0.639. The lowest BCUT2D eigenvalue weighted by Crippen LogP contribution is -2.35. The molecular formula is C19H17FN4O2. The first-order valence-corrected chi connectivity index (χ1v) is 8.53. The van der Waals surface area contributed by atoms with Gasteiger partial charge in [0.05, 0.1) is 0 Å². The average Bonchev–Trinajstić information content (AvgIpc) is 3.15. The number of fused-ring (bicyclic) bond motifs is 1. The van der Waals surface area contributed by atoms with E-state index in [0.717, 1.165) is 24.1 Å². The Morgan fingerprint density at radius 1 is 1.27 bits per heavy atom. The lowest BCUT2D eigenvalue weighted by Gasteiger charge is -2.29. The number of carbonyl (C=O) groups excluding carboxylic acids is 1. The summed E-state index contributed by atoms with van der Waals surface area (Å²) < 4.78 is 18.6. The number of anilines is 1. The number of amides is 1. The van der Waals surface area contributed by atoms with Crippen molar-refractivity contribution in [3.8, 4) is 11.5 Å². The number of carbonyl (C=O) groups is 1. The van der Waals surface area contributed by atoms with E-state index in [1.165, 1.54) is 12.1 Å². The highest BCUT2D eigenvalue weighted by Crippen LogP contribution is 2.28.